The number of carboxylic acid groups (broad SMARTS) is 1. The van der Waals surface area contributed by atoms with Crippen molar-refractivity contribution in [2.45, 2.75) is 50.1 Å². The number of urea groups is 1. The van der Waals surface area contributed by atoms with Gasteiger partial charge < -0.3 is 20.2 Å². The number of nitrogens with zero attached hydrogens (tertiary/aromatic N) is 2. The summed E-state index contributed by atoms with van der Waals surface area (Å²) in [5.74, 6) is -0.902. The van der Waals surface area contributed by atoms with Gasteiger partial charge in [0.05, 0.1) is 0 Å². The third kappa shape index (κ3) is 2.90. The molecule has 1 aliphatic carbocycles. The number of carbonyl (C=O) groups is 2. The first kappa shape index (κ1) is 15.1. The molecule has 1 saturated carbocycles. The number of carboxylic acids is 1. The summed E-state index contributed by atoms with van der Waals surface area (Å²) in [7, 11) is 4.10. The van der Waals surface area contributed by atoms with Crippen molar-refractivity contribution in [1.29, 1.82) is 0 Å². The maximum absolute atomic E-state index is 12.2. The fourth-order valence-electron chi connectivity index (χ4n) is 3.42. The van der Waals surface area contributed by atoms with Crippen molar-refractivity contribution in [1.82, 2.24) is 15.1 Å². The van der Waals surface area contributed by atoms with E-state index < -0.39 is 12.0 Å². The third-order valence-corrected chi connectivity index (χ3v) is 4.85. The summed E-state index contributed by atoms with van der Waals surface area (Å²) in [6, 6.07) is -0.892. The molecule has 0 aromatic heterocycles. The molecular formula is C14H25N3O3. The molecule has 2 aliphatic rings. The number of aliphatic carboxylic acids is 1. The highest BCUT2D eigenvalue weighted by Gasteiger charge is 2.38. The summed E-state index contributed by atoms with van der Waals surface area (Å²) in [6.45, 7) is 1.14. The number of likely N-dealkylation sites (tertiary alicyclic amines) is 1. The molecule has 0 spiro atoms. The molecule has 6 heteroatoms. The highest BCUT2D eigenvalue weighted by Crippen LogP contribution is 2.33. The topological polar surface area (TPSA) is 72.9 Å². The minimum Gasteiger partial charge on any atom is -0.480 e. The SMILES string of the molecule is CN(C)C1(CNC(=O)N2CCC[C@H]2C(=O)O)CCCC1. The Morgan fingerprint density at radius 2 is 1.95 bits per heavy atom. The second-order valence-corrected chi connectivity index (χ2v) is 6.17. The van der Waals surface area contributed by atoms with Gasteiger partial charge in [-0.05, 0) is 39.8 Å². The van der Waals surface area contributed by atoms with E-state index in [0.29, 0.717) is 19.5 Å². The van der Waals surface area contributed by atoms with Crippen LogP contribution in [0.4, 0.5) is 4.79 Å². The zero-order chi connectivity index (χ0) is 14.8. The highest BCUT2D eigenvalue weighted by molar-refractivity contribution is 5.83. The molecule has 2 amide bonds. The second-order valence-electron chi connectivity index (χ2n) is 6.17. The smallest absolute Gasteiger partial charge is 0.326 e. The van der Waals surface area contributed by atoms with Crippen molar-refractivity contribution in [2.24, 2.45) is 0 Å². The van der Waals surface area contributed by atoms with Gasteiger partial charge in [0.2, 0.25) is 0 Å². The molecule has 114 valence electrons. The lowest BCUT2D eigenvalue weighted by Crippen LogP contribution is -2.54. The lowest BCUT2D eigenvalue weighted by Gasteiger charge is -2.37. The molecular weight excluding hydrogens is 258 g/mol. The number of nitrogens with one attached hydrogen (secondary N) is 1. The van der Waals surface area contributed by atoms with E-state index >= 15 is 0 Å². The van der Waals surface area contributed by atoms with Crippen LogP contribution in [0.15, 0.2) is 0 Å². The Kier molecular flexibility index (Phi) is 4.52. The first-order valence-corrected chi connectivity index (χ1v) is 7.41. The van der Waals surface area contributed by atoms with E-state index in [0.717, 1.165) is 19.3 Å². The molecule has 1 aliphatic heterocycles. The molecule has 2 rings (SSSR count). The Bertz CT molecular complexity index is 378. The maximum Gasteiger partial charge on any atom is 0.326 e. The third-order valence-electron chi connectivity index (χ3n) is 4.85. The first-order valence-electron chi connectivity index (χ1n) is 7.41. The predicted molar refractivity (Wildman–Crippen MR) is 75.6 cm³/mol. The van der Waals surface area contributed by atoms with Gasteiger partial charge in [0.15, 0.2) is 0 Å². The maximum atomic E-state index is 12.2. The van der Waals surface area contributed by atoms with Crippen LogP contribution in [-0.4, -0.2) is 65.7 Å². The normalized spacial score (nSPS) is 25.1. The molecule has 2 N–H and O–H groups in total. The largest absolute Gasteiger partial charge is 0.480 e. The van der Waals surface area contributed by atoms with Crippen molar-refractivity contribution in [3.63, 3.8) is 0 Å². The molecule has 0 aromatic rings. The van der Waals surface area contributed by atoms with Crippen LogP contribution in [0.2, 0.25) is 0 Å². The van der Waals surface area contributed by atoms with E-state index in [4.69, 9.17) is 5.11 Å². The second kappa shape index (κ2) is 5.99. The van der Waals surface area contributed by atoms with Gasteiger partial charge in [0, 0.05) is 18.6 Å². The molecule has 20 heavy (non-hydrogen) atoms. The summed E-state index contributed by atoms with van der Waals surface area (Å²) >= 11 is 0. The van der Waals surface area contributed by atoms with E-state index in [1.54, 1.807) is 0 Å². The Labute approximate surface area is 120 Å². The van der Waals surface area contributed by atoms with Gasteiger partial charge in [-0.1, -0.05) is 12.8 Å². The van der Waals surface area contributed by atoms with Crippen LogP contribution in [0, 0.1) is 0 Å². The van der Waals surface area contributed by atoms with Crippen LogP contribution in [0.5, 0.6) is 0 Å². The average molecular weight is 283 g/mol. The summed E-state index contributed by atoms with van der Waals surface area (Å²) in [5, 5.41) is 12.1. The fraction of sp³-hybridized carbons (Fsp3) is 0.857. The molecule has 1 heterocycles. The van der Waals surface area contributed by atoms with Gasteiger partial charge in [-0.3, -0.25) is 0 Å². The minimum absolute atomic E-state index is 0.0358. The molecule has 2 fully saturated rings. The van der Waals surface area contributed by atoms with Crippen LogP contribution in [0.1, 0.15) is 38.5 Å². The van der Waals surface area contributed by atoms with Crippen molar-refractivity contribution in [2.75, 3.05) is 27.2 Å². The monoisotopic (exact) mass is 283 g/mol. The summed E-state index contributed by atoms with van der Waals surface area (Å²) < 4.78 is 0. The van der Waals surface area contributed by atoms with Crippen molar-refractivity contribution < 1.29 is 14.7 Å². The van der Waals surface area contributed by atoms with E-state index in [1.807, 2.05) is 14.1 Å². The fourth-order valence-corrected chi connectivity index (χ4v) is 3.42. The predicted octanol–water partition coefficient (Wildman–Crippen LogP) is 1.12. The Morgan fingerprint density at radius 1 is 1.30 bits per heavy atom. The molecule has 0 radical (unpaired) electrons. The lowest BCUT2D eigenvalue weighted by molar-refractivity contribution is -0.141. The highest BCUT2D eigenvalue weighted by atomic mass is 16.4. The number of carbonyl (C=O) groups excluding carboxylic acids is 1. The van der Waals surface area contributed by atoms with Gasteiger partial charge in [0.1, 0.15) is 6.04 Å². The quantitative estimate of drug-likeness (QED) is 0.811. The van der Waals surface area contributed by atoms with Crippen molar-refractivity contribution in [3.8, 4) is 0 Å². The van der Waals surface area contributed by atoms with Crippen LogP contribution in [0.3, 0.4) is 0 Å². The summed E-state index contributed by atoms with van der Waals surface area (Å²) in [4.78, 5) is 27.0. The summed E-state index contributed by atoms with van der Waals surface area (Å²) in [5.41, 5.74) is 0.0358. The lowest BCUT2D eigenvalue weighted by atomic mass is 9.96. The molecule has 0 unspecified atom stereocenters. The molecule has 1 saturated heterocycles. The molecule has 0 bridgehead atoms. The number of rotatable bonds is 4. The minimum atomic E-state index is -0.902. The zero-order valence-electron chi connectivity index (χ0n) is 12.4. The van der Waals surface area contributed by atoms with Crippen LogP contribution >= 0.6 is 0 Å². The van der Waals surface area contributed by atoms with E-state index in [1.165, 1.54) is 17.7 Å². The molecule has 6 nitrogen and oxygen atoms in total. The summed E-state index contributed by atoms with van der Waals surface area (Å²) in [6.07, 6.45) is 5.88. The molecule has 0 aromatic carbocycles. The Morgan fingerprint density at radius 3 is 2.50 bits per heavy atom. The van der Waals surface area contributed by atoms with Crippen LogP contribution < -0.4 is 5.32 Å². The Hall–Kier alpha value is -1.30. The Balaban J connectivity index is 1.93. The van der Waals surface area contributed by atoms with Gasteiger partial charge in [-0.2, -0.15) is 0 Å². The van der Waals surface area contributed by atoms with Gasteiger partial charge in [-0.15, -0.1) is 0 Å². The van der Waals surface area contributed by atoms with Crippen molar-refractivity contribution in [3.05, 3.63) is 0 Å². The number of amides is 2. The van der Waals surface area contributed by atoms with Crippen LogP contribution in [-0.2, 0) is 4.79 Å². The molecule has 1 atom stereocenters. The number of hydrogen-bond acceptors (Lipinski definition) is 3. The zero-order valence-corrected chi connectivity index (χ0v) is 12.4. The van der Waals surface area contributed by atoms with Crippen molar-refractivity contribution >= 4 is 12.0 Å². The van der Waals surface area contributed by atoms with E-state index in [9.17, 15) is 9.59 Å². The van der Waals surface area contributed by atoms with Gasteiger partial charge >= 0.3 is 12.0 Å². The standard InChI is InChI=1S/C14H25N3O3/c1-16(2)14(7-3-4-8-14)10-15-13(20)17-9-5-6-11(17)12(18)19/h11H,3-10H2,1-2H3,(H,15,20)(H,18,19)/t11-/m0/s1. The van der Waals surface area contributed by atoms with Gasteiger partial charge in [-0.25, -0.2) is 9.59 Å². The number of hydrogen-bond donors (Lipinski definition) is 2. The number of likely N-dealkylation sites (N-methyl/N-ethyl adjacent to an activating group) is 1. The first-order chi connectivity index (χ1) is 9.46. The van der Waals surface area contributed by atoms with E-state index in [-0.39, 0.29) is 11.6 Å². The van der Waals surface area contributed by atoms with Gasteiger partial charge in [0.25, 0.3) is 0 Å². The average Bonchev–Trinajstić information content (AvgIpc) is 3.05. The van der Waals surface area contributed by atoms with E-state index in [2.05, 4.69) is 10.2 Å². The van der Waals surface area contributed by atoms with Crippen LogP contribution in [0.25, 0.3) is 0 Å².